The summed E-state index contributed by atoms with van der Waals surface area (Å²) in [5.74, 6) is 1.82. The summed E-state index contributed by atoms with van der Waals surface area (Å²) in [6, 6.07) is 0. The third-order valence-electron chi connectivity index (χ3n) is 4.37. The van der Waals surface area contributed by atoms with Gasteiger partial charge in [0.15, 0.2) is 0 Å². The van der Waals surface area contributed by atoms with E-state index in [-0.39, 0.29) is 6.10 Å². The van der Waals surface area contributed by atoms with Crippen molar-refractivity contribution in [3.05, 3.63) is 0 Å². The fourth-order valence-corrected chi connectivity index (χ4v) is 3.27. The largest absolute Gasteiger partial charge is 0.393 e. The van der Waals surface area contributed by atoms with E-state index in [2.05, 4.69) is 13.8 Å². The summed E-state index contributed by atoms with van der Waals surface area (Å²) in [6.07, 6.45) is 7.81. The van der Waals surface area contributed by atoms with Gasteiger partial charge in [-0.3, -0.25) is 0 Å². The van der Waals surface area contributed by atoms with Crippen LogP contribution in [0, 0.1) is 17.3 Å². The molecule has 0 aromatic carbocycles. The van der Waals surface area contributed by atoms with Crippen molar-refractivity contribution in [1.82, 2.24) is 0 Å². The SMILES string of the molecule is CC(C)C1CCC2(CC1)CC(O)C2. The van der Waals surface area contributed by atoms with Gasteiger partial charge in [0.2, 0.25) is 0 Å². The minimum atomic E-state index is 0.0376. The molecule has 2 aliphatic rings. The molecule has 2 saturated carbocycles. The van der Waals surface area contributed by atoms with Crippen molar-refractivity contribution < 1.29 is 5.11 Å². The topological polar surface area (TPSA) is 20.2 Å². The fraction of sp³-hybridized carbons (Fsp3) is 1.00. The molecular formula is C12H22O. The first kappa shape index (κ1) is 9.51. The molecule has 1 spiro atoms. The molecular weight excluding hydrogens is 160 g/mol. The van der Waals surface area contributed by atoms with Gasteiger partial charge in [-0.1, -0.05) is 13.8 Å². The summed E-state index contributed by atoms with van der Waals surface area (Å²) >= 11 is 0. The van der Waals surface area contributed by atoms with Crippen LogP contribution in [0.4, 0.5) is 0 Å². The third-order valence-corrected chi connectivity index (χ3v) is 4.37. The molecule has 2 aliphatic carbocycles. The van der Waals surface area contributed by atoms with Gasteiger partial charge in [-0.15, -0.1) is 0 Å². The maximum Gasteiger partial charge on any atom is 0.0550 e. The predicted octanol–water partition coefficient (Wildman–Crippen LogP) is 2.97. The van der Waals surface area contributed by atoms with Crippen LogP contribution >= 0.6 is 0 Å². The van der Waals surface area contributed by atoms with E-state index in [0.717, 1.165) is 24.7 Å². The average Bonchev–Trinajstić information content (AvgIpc) is 2.03. The van der Waals surface area contributed by atoms with Gasteiger partial charge in [0.25, 0.3) is 0 Å². The molecule has 0 saturated heterocycles. The van der Waals surface area contributed by atoms with E-state index in [1.165, 1.54) is 25.7 Å². The van der Waals surface area contributed by atoms with Crippen molar-refractivity contribution in [2.75, 3.05) is 0 Å². The molecule has 0 unspecified atom stereocenters. The van der Waals surface area contributed by atoms with E-state index >= 15 is 0 Å². The zero-order valence-corrected chi connectivity index (χ0v) is 8.92. The first-order valence-corrected chi connectivity index (χ1v) is 5.79. The number of hydrogen-bond acceptors (Lipinski definition) is 1. The smallest absolute Gasteiger partial charge is 0.0550 e. The van der Waals surface area contributed by atoms with Crippen molar-refractivity contribution in [3.63, 3.8) is 0 Å². The van der Waals surface area contributed by atoms with Gasteiger partial charge >= 0.3 is 0 Å². The van der Waals surface area contributed by atoms with Crippen LogP contribution in [0.5, 0.6) is 0 Å². The quantitative estimate of drug-likeness (QED) is 0.661. The lowest BCUT2D eigenvalue weighted by Crippen LogP contribution is -2.43. The van der Waals surface area contributed by atoms with E-state index in [1.54, 1.807) is 0 Å². The molecule has 2 fully saturated rings. The molecule has 0 heterocycles. The lowest BCUT2D eigenvalue weighted by atomic mass is 9.57. The lowest BCUT2D eigenvalue weighted by Gasteiger charge is -2.50. The van der Waals surface area contributed by atoms with Crippen LogP contribution in [-0.4, -0.2) is 11.2 Å². The summed E-state index contributed by atoms with van der Waals surface area (Å²) < 4.78 is 0. The molecule has 0 bridgehead atoms. The number of aliphatic hydroxyl groups is 1. The van der Waals surface area contributed by atoms with Crippen LogP contribution in [-0.2, 0) is 0 Å². The second kappa shape index (κ2) is 3.27. The highest BCUT2D eigenvalue weighted by molar-refractivity contribution is 4.96. The van der Waals surface area contributed by atoms with E-state index in [9.17, 15) is 5.11 Å². The first-order chi connectivity index (χ1) is 6.11. The Hall–Kier alpha value is -0.0400. The molecule has 1 nitrogen and oxygen atoms in total. The zero-order valence-electron chi connectivity index (χ0n) is 8.92. The second-order valence-corrected chi connectivity index (χ2v) is 5.64. The molecule has 0 radical (unpaired) electrons. The van der Waals surface area contributed by atoms with Crippen molar-refractivity contribution in [2.45, 2.75) is 58.5 Å². The van der Waals surface area contributed by atoms with Crippen molar-refractivity contribution >= 4 is 0 Å². The Kier molecular flexibility index (Phi) is 2.39. The molecule has 76 valence electrons. The highest BCUT2D eigenvalue weighted by Crippen LogP contribution is 2.53. The Morgan fingerprint density at radius 1 is 1.15 bits per heavy atom. The van der Waals surface area contributed by atoms with Crippen molar-refractivity contribution in [3.8, 4) is 0 Å². The van der Waals surface area contributed by atoms with Gasteiger partial charge in [0.05, 0.1) is 6.10 Å². The van der Waals surface area contributed by atoms with Crippen LogP contribution in [0.25, 0.3) is 0 Å². The van der Waals surface area contributed by atoms with Crippen LogP contribution in [0.15, 0.2) is 0 Å². The van der Waals surface area contributed by atoms with Gasteiger partial charge in [-0.05, 0) is 55.8 Å². The number of aliphatic hydroxyl groups excluding tert-OH is 1. The van der Waals surface area contributed by atoms with Gasteiger partial charge < -0.3 is 5.11 Å². The standard InChI is InChI=1S/C12H22O/c1-9(2)10-3-5-12(6-4-10)7-11(13)8-12/h9-11,13H,3-8H2,1-2H3. The Balaban J connectivity index is 1.83. The van der Waals surface area contributed by atoms with E-state index in [0.29, 0.717) is 5.41 Å². The average molecular weight is 182 g/mol. The van der Waals surface area contributed by atoms with Crippen LogP contribution in [0.2, 0.25) is 0 Å². The summed E-state index contributed by atoms with van der Waals surface area (Å²) in [5.41, 5.74) is 0.588. The number of rotatable bonds is 1. The minimum absolute atomic E-state index is 0.0376. The van der Waals surface area contributed by atoms with E-state index < -0.39 is 0 Å². The molecule has 0 aliphatic heterocycles. The zero-order chi connectivity index (χ0) is 9.47. The highest BCUT2D eigenvalue weighted by Gasteiger charge is 2.45. The normalized spacial score (nSPS) is 45.2. The van der Waals surface area contributed by atoms with Crippen molar-refractivity contribution in [1.29, 1.82) is 0 Å². The monoisotopic (exact) mass is 182 g/mol. The molecule has 0 atom stereocenters. The van der Waals surface area contributed by atoms with E-state index in [4.69, 9.17) is 0 Å². The minimum Gasteiger partial charge on any atom is -0.393 e. The van der Waals surface area contributed by atoms with Crippen LogP contribution in [0.3, 0.4) is 0 Å². The maximum absolute atomic E-state index is 9.34. The second-order valence-electron chi connectivity index (χ2n) is 5.64. The van der Waals surface area contributed by atoms with Gasteiger partial charge in [0.1, 0.15) is 0 Å². The van der Waals surface area contributed by atoms with Crippen LogP contribution < -0.4 is 0 Å². The summed E-state index contributed by atoms with van der Waals surface area (Å²) in [6.45, 7) is 4.69. The van der Waals surface area contributed by atoms with E-state index in [1.807, 2.05) is 0 Å². The predicted molar refractivity (Wildman–Crippen MR) is 54.5 cm³/mol. The molecule has 1 heteroatoms. The number of hydrogen-bond donors (Lipinski definition) is 1. The molecule has 0 aromatic rings. The Morgan fingerprint density at radius 3 is 2.08 bits per heavy atom. The summed E-state index contributed by atoms with van der Waals surface area (Å²) in [5, 5.41) is 9.34. The molecule has 2 rings (SSSR count). The van der Waals surface area contributed by atoms with Gasteiger partial charge in [0, 0.05) is 0 Å². The lowest BCUT2D eigenvalue weighted by molar-refractivity contribution is -0.0649. The summed E-state index contributed by atoms with van der Waals surface area (Å²) in [7, 11) is 0. The van der Waals surface area contributed by atoms with Gasteiger partial charge in [-0.2, -0.15) is 0 Å². The summed E-state index contributed by atoms with van der Waals surface area (Å²) in [4.78, 5) is 0. The van der Waals surface area contributed by atoms with Gasteiger partial charge in [-0.25, -0.2) is 0 Å². The molecule has 0 aromatic heterocycles. The highest BCUT2D eigenvalue weighted by atomic mass is 16.3. The third kappa shape index (κ3) is 1.76. The van der Waals surface area contributed by atoms with Crippen molar-refractivity contribution in [2.24, 2.45) is 17.3 Å². The maximum atomic E-state index is 9.34. The molecule has 13 heavy (non-hydrogen) atoms. The Morgan fingerprint density at radius 2 is 1.69 bits per heavy atom. The van der Waals surface area contributed by atoms with Crippen LogP contribution in [0.1, 0.15) is 52.4 Å². The Labute approximate surface area is 81.5 Å². The first-order valence-electron chi connectivity index (χ1n) is 5.79. The molecule has 0 amide bonds. The molecule has 1 N–H and O–H groups in total. The Bertz CT molecular complexity index is 170. The fourth-order valence-electron chi connectivity index (χ4n) is 3.27.